The number of imide groups is 2. The third-order valence-corrected chi connectivity index (χ3v) is 5.30. The van der Waals surface area contributed by atoms with E-state index in [9.17, 15) is 52.5 Å². The third-order valence-electron chi connectivity index (χ3n) is 4.32. The smallest absolute Gasteiger partial charge is 0.474 e. The van der Waals surface area contributed by atoms with Crippen LogP contribution in [0.3, 0.4) is 0 Å². The van der Waals surface area contributed by atoms with Gasteiger partial charge in [0.2, 0.25) is 11.8 Å². The molecule has 0 aliphatic carbocycles. The predicted octanol–water partition coefficient (Wildman–Crippen LogP) is -3.57. The average Bonchev–Trinajstić information content (AvgIpc) is 2.82. The number of amides is 6. The van der Waals surface area contributed by atoms with E-state index in [2.05, 4.69) is 0 Å². The molecule has 0 aliphatic heterocycles. The lowest BCUT2D eigenvalue weighted by Gasteiger charge is -2.24. The van der Waals surface area contributed by atoms with Crippen molar-refractivity contribution in [2.75, 3.05) is 0 Å². The summed E-state index contributed by atoms with van der Waals surface area (Å²) in [6.45, 7) is 3.66. The second-order valence-corrected chi connectivity index (χ2v) is 8.14. The van der Waals surface area contributed by atoms with Crippen LogP contribution >= 0.6 is 8.25 Å². The topological polar surface area (TPSA) is 318 Å². The Kier molecular flexibility index (Phi) is 13.1. The Morgan fingerprint density at radius 3 is 0.975 bits per heavy atom. The van der Waals surface area contributed by atoms with Gasteiger partial charge in [0.1, 0.15) is 12.1 Å². The van der Waals surface area contributed by atoms with Gasteiger partial charge < -0.3 is 31.1 Å². The Bertz CT molecular complexity index is 1020. The summed E-state index contributed by atoms with van der Waals surface area (Å²) >= 11 is 0. The zero-order valence-corrected chi connectivity index (χ0v) is 21.6. The van der Waals surface area contributed by atoms with Crippen LogP contribution in [-0.4, -0.2) is 114 Å². The summed E-state index contributed by atoms with van der Waals surface area (Å²) in [6, 6.07) is -4.00. The highest BCUT2D eigenvalue weighted by atomic mass is 31.1. The van der Waals surface area contributed by atoms with Crippen LogP contribution in [0.1, 0.15) is 27.7 Å². The molecule has 21 nitrogen and oxygen atoms in total. The van der Waals surface area contributed by atoms with Gasteiger partial charge in [0, 0.05) is 4.57 Å². The van der Waals surface area contributed by atoms with Crippen LogP contribution < -0.4 is 10.6 Å². The molecule has 0 aromatic carbocycles. The molecule has 0 radical (unpaired) electrons. The molecule has 0 aliphatic rings. The fourth-order valence-electron chi connectivity index (χ4n) is 2.51. The molecular weight excluding hydrogens is 575 g/mol. The van der Waals surface area contributed by atoms with E-state index in [1.165, 1.54) is 0 Å². The van der Waals surface area contributed by atoms with Crippen LogP contribution in [0.15, 0.2) is 0 Å². The van der Waals surface area contributed by atoms with Crippen LogP contribution in [0.25, 0.3) is 0 Å². The first kappa shape index (κ1) is 35.1. The number of carboxylic acid groups (broad SMARTS) is 4. The Balaban J connectivity index is 5.26. The average molecular weight is 597 g/mol. The summed E-state index contributed by atoms with van der Waals surface area (Å²) in [5.41, 5.74) is 0. The zero-order chi connectivity index (χ0) is 31.6. The molecule has 6 amide bonds. The molecule has 40 heavy (non-hydrogen) atoms. The van der Waals surface area contributed by atoms with E-state index in [1.54, 1.807) is 0 Å². The van der Waals surface area contributed by atoms with Gasteiger partial charge >= 0.3 is 55.8 Å². The number of aliphatic carboxylic acids is 4. The minimum absolute atomic E-state index is 0.366. The second-order valence-electron chi connectivity index (χ2n) is 7.27. The first-order valence-electron chi connectivity index (χ1n) is 10.3. The highest BCUT2D eigenvalue weighted by molar-refractivity contribution is 7.33. The molecule has 0 aromatic rings. The molecule has 22 heteroatoms. The quantitative estimate of drug-likeness (QED) is 0.0805. The monoisotopic (exact) mass is 597 g/mol. The molecule has 0 saturated heterocycles. The molecule has 0 spiro atoms. The first-order valence-corrected chi connectivity index (χ1v) is 11.4. The molecule has 4 atom stereocenters. The van der Waals surface area contributed by atoms with Crippen LogP contribution in [-0.2, 0) is 61.6 Å². The SMILES string of the molecule is CC(NC(=O)[C@H](C)N(C(=O)C(=O)O)C(=O)C(=O)O)O[P+](=O)OC(C)NC(=O)[C@H](C)N(C(=O)C(=O)O)C(=O)C(=O)O. The molecule has 0 rings (SSSR count). The third kappa shape index (κ3) is 9.78. The number of carbonyl (C=O) groups is 10. The van der Waals surface area contributed by atoms with Crippen molar-refractivity contribution < 1.29 is 82.0 Å². The van der Waals surface area contributed by atoms with Crippen molar-refractivity contribution in [1.29, 1.82) is 0 Å². The van der Waals surface area contributed by atoms with Gasteiger partial charge in [0.05, 0.1) is 0 Å². The number of nitrogens with zero attached hydrogens (tertiary/aromatic N) is 2. The van der Waals surface area contributed by atoms with E-state index < -0.39 is 92.1 Å². The lowest BCUT2D eigenvalue weighted by atomic mass is 10.2. The highest BCUT2D eigenvalue weighted by Crippen LogP contribution is 2.27. The Morgan fingerprint density at radius 1 is 0.550 bits per heavy atom. The summed E-state index contributed by atoms with van der Waals surface area (Å²) in [5, 5.41) is 38.9. The van der Waals surface area contributed by atoms with E-state index in [0.29, 0.717) is 0 Å². The Hall–Kier alpha value is -4.88. The van der Waals surface area contributed by atoms with E-state index in [-0.39, 0.29) is 9.80 Å². The number of rotatable bonds is 10. The fourth-order valence-corrected chi connectivity index (χ4v) is 3.18. The molecule has 6 N–H and O–H groups in total. The predicted molar refractivity (Wildman–Crippen MR) is 118 cm³/mol. The minimum Gasteiger partial charge on any atom is -0.474 e. The lowest BCUT2D eigenvalue weighted by Crippen LogP contribution is -2.56. The summed E-state index contributed by atoms with van der Waals surface area (Å²) in [6.07, 6.45) is -3.14. The van der Waals surface area contributed by atoms with Crippen molar-refractivity contribution in [2.45, 2.75) is 52.2 Å². The van der Waals surface area contributed by atoms with Gasteiger partial charge in [-0.2, -0.15) is 0 Å². The van der Waals surface area contributed by atoms with Crippen molar-refractivity contribution in [3.05, 3.63) is 0 Å². The van der Waals surface area contributed by atoms with Gasteiger partial charge in [-0.1, -0.05) is 9.05 Å². The summed E-state index contributed by atoms with van der Waals surface area (Å²) in [7, 11) is -3.23. The normalized spacial score (nSPS) is 13.8. The van der Waals surface area contributed by atoms with Gasteiger partial charge in [-0.15, -0.1) is 0 Å². The number of carboxylic acids is 4. The van der Waals surface area contributed by atoms with Crippen molar-refractivity contribution in [2.24, 2.45) is 0 Å². The van der Waals surface area contributed by atoms with Crippen molar-refractivity contribution >= 4 is 67.6 Å². The first-order chi connectivity index (χ1) is 18.2. The number of nitrogens with one attached hydrogen (secondary N) is 2. The number of carbonyl (C=O) groups excluding carboxylic acids is 6. The maximum Gasteiger partial charge on any atom is 0.701 e. The minimum atomic E-state index is -3.23. The van der Waals surface area contributed by atoms with Gasteiger partial charge in [-0.25, -0.2) is 19.2 Å². The summed E-state index contributed by atoms with van der Waals surface area (Å²) < 4.78 is 21.6. The van der Waals surface area contributed by atoms with E-state index >= 15 is 0 Å². The van der Waals surface area contributed by atoms with Crippen molar-refractivity contribution in [1.82, 2.24) is 20.4 Å². The molecule has 0 saturated carbocycles. The zero-order valence-electron chi connectivity index (χ0n) is 20.7. The van der Waals surface area contributed by atoms with Crippen molar-refractivity contribution in [3.63, 3.8) is 0 Å². The molecular formula is C18H22N4O17P+. The maximum absolute atomic E-state index is 12.3. The van der Waals surface area contributed by atoms with Crippen LogP contribution in [0, 0.1) is 0 Å². The standard InChI is InChI=1S/C18H21N4O17P/c1-5(21(11(25)15(29)30)12(26)16(31)32)9(23)19-7(3)38-40(37)39-8(4)20-10(24)6(2)22(13(27)17(33)34)14(28)18(35)36/h5-8H,1-4H3,(H5-,19,20,23,24,29,30,31,32,33,34,35,36)/p+1/t5-,6-,7?,8?/m0/s1. The Morgan fingerprint density at radius 2 is 0.775 bits per heavy atom. The van der Waals surface area contributed by atoms with Gasteiger partial charge in [-0.3, -0.25) is 38.6 Å². The summed E-state index contributed by atoms with van der Waals surface area (Å²) in [5.74, 6) is -19.8. The number of hydrogen-bond donors (Lipinski definition) is 6. The summed E-state index contributed by atoms with van der Waals surface area (Å²) in [4.78, 5) is 114. The second kappa shape index (κ2) is 14.9. The number of hydrogen-bond acceptors (Lipinski definition) is 13. The molecule has 0 heterocycles. The lowest BCUT2D eigenvalue weighted by molar-refractivity contribution is -0.168. The van der Waals surface area contributed by atoms with Gasteiger partial charge in [-0.05, 0) is 27.7 Å². The maximum atomic E-state index is 12.3. The molecule has 0 bridgehead atoms. The highest BCUT2D eigenvalue weighted by Gasteiger charge is 2.41. The van der Waals surface area contributed by atoms with Crippen molar-refractivity contribution in [3.8, 4) is 0 Å². The van der Waals surface area contributed by atoms with Crippen LogP contribution in [0.5, 0.6) is 0 Å². The Labute approximate surface area is 222 Å². The van der Waals surface area contributed by atoms with Crippen LogP contribution in [0.4, 0.5) is 0 Å². The largest absolute Gasteiger partial charge is 0.701 e. The van der Waals surface area contributed by atoms with E-state index in [0.717, 1.165) is 27.7 Å². The molecule has 220 valence electrons. The molecule has 0 fully saturated rings. The fraction of sp³-hybridized carbons (Fsp3) is 0.444. The van der Waals surface area contributed by atoms with Gasteiger partial charge in [0.15, 0.2) is 12.5 Å². The van der Waals surface area contributed by atoms with E-state index in [1.807, 2.05) is 10.6 Å². The molecule has 2 unspecified atom stereocenters. The van der Waals surface area contributed by atoms with E-state index in [4.69, 9.17) is 29.5 Å². The van der Waals surface area contributed by atoms with Gasteiger partial charge in [0.25, 0.3) is 0 Å². The van der Waals surface area contributed by atoms with Crippen LogP contribution in [0.2, 0.25) is 0 Å². The molecule has 0 aromatic heterocycles.